The Kier molecular flexibility index (Phi) is 8.60. The predicted molar refractivity (Wildman–Crippen MR) is 148 cm³/mol. The molecule has 0 bridgehead atoms. The molecule has 2 atom stereocenters. The summed E-state index contributed by atoms with van der Waals surface area (Å²) in [6.45, 7) is 0. The van der Waals surface area contributed by atoms with Crippen LogP contribution in [0, 0.1) is 0 Å². The molecule has 0 unspecified atom stereocenters. The van der Waals surface area contributed by atoms with Crippen molar-refractivity contribution >= 4 is 24.0 Å². The molecular weight excluding hydrogens is 471 g/mol. The molecule has 0 aromatic heterocycles. The summed E-state index contributed by atoms with van der Waals surface area (Å²) >= 11 is 0. The standard InChI is InChI=1S/C29H37N2O4P/c1-31(2)24-16-18-26(19-17-24)36(32,35-25-13-9-6-10-14-25)29(30-23-11-7-5-8-12-23)22-15-20-27(33-3)28(21-22)34-4/h5,7-8,11-12,15-21,25,29-30H,6,9-10,13-14H2,1-4H3/t29-,36+/m1/s1. The normalized spacial score (nSPS) is 16.6. The number of hydrogen-bond acceptors (Lipinski definition) is 6. The number of anilines is 2. The monoisotopic (exact) mass is 508 g/mol. The van der Waals surface area contributed by atoms with Crippen molar-refractivity contribution in [1.29, 1.82) is 0 Å². The summed E-state index contributed by atoms with van der Waals surface area (Å²) in [4.78, 5) is 2.03. The lowest BCUT2D eigenvalue weighted by atomic mass is 9.98. The molecule has 1 aliphatic rings. The van der Waals surface area contributed by atoms with Gasteiger partial charge in [-0.15, -0.1) is 0 Å². The topological polar surface area (TPSA) is 60.0 Å². The summed E-state index contributed by atoms with van der Waals surface area (Å²) in [5.74, 6) is 0.590. The number of ether oxygens (including phenoxy) is 2. The largest absolute Gasteiger partial charge is 0.493 e. The molecule has 36 heavy (non-hydrogen) atoms. The summed E-state index contributed by atoms with van der Waals surface area (Å²) in [7, 11) is 3.75. The highest BCUT2D eigenvalue weighted by atomic mass is 31.2. The van der Waals surface area contributed by atoms with Crippen molar-refractivity contribution in [3.8, 4) is 11.5 Å². The first kappa shape index (κ1) is 26.1. The van der Waals surface area contributed by atoms with Gasteiger partial charge < -0.3 is 24.2 Å². The lowest BCUT2D eigenvalue weighted by molar-refractivity contribution is 0.159. The second-order valence-corrected chi connectivity index (χ2v) is 11.8. The second-order valence-electron chi connectivity index (χ2n) is 9.40. The van der Waals surface area contributed by atoms with E-state index in [2.05, 4.69) is 5.32 Å². The number of nitrogens with zero attached hydrogens (tertiary/aromatic N) is 1. The van der Waals surface area contributed by atoms with Crippen LogP contribution >= 0.6 is 7.37 Å². The fourth-order valence-corrected chi connectivity index (χ4v) is 7.33. The van der Waals surface area contributed by atoms with E-state index in [4.69, 9.17) is 14.0 Å². The third-order valence-corrected chi connectivity index (χ3v) is 9.46. The average molecular weight is 509 g/mol. The van der Waals surface area contributed by atoms with Crippen molar-refractivity contribution in [3.63, 3.8) is 0 Å². The minimum atomic E-state index is -3.47. The minimum absolute atomic E-state index is 0.0432. The van der Waals surface area contributed by atoms with E-state index in [0.717, 1.165) is 42.6 Å². The molecule has 6 nitrogen and oxygen atoms in total. The van der Waals surface area contributed by atoms with Crippen LogP contribution in [0.2, 0.25) is 0 Å². The fraction of sp³-hybridized carbons (Fsp3) is 0.379. The van der Waals surface area contributed by atoms with Gasteiger partial charge >= 0.3 is 0 Å². The second kappa shape index (κ2) is 11.9. The average Bonchev–Trinajstić information content (AvgIpc) is 2.92. The third-order valence-electron chi connectivity index (χ3n) is 6.72. The number of benzene rings is 3. The quantitative estimate of drug-likeness (QED) is 0.303. The third kappa shape index (κ3) is 5.88. The van der Waals surface area contributed by atoms with Crippen LogP contribution in [0.15, 0.2) is 72.8 Å². The smallest absolute Gasteiger partial charge is 0.258 e. The maximum Gasteiger partial charge on any atom is 0.258 e. The molecular formula is C29H37N2O4P. The fourth-order valence-electron chi connectivity index (χ4n) is 4.70. The maximum atomic E-state index is 15.3. The van der Waals surface area contributed by atoms with E-state index in [9.17, 15) is 0 Å². The Morgan fingerprint density at radius 2 is 1.53 bits per heavy atom. The molecule has 3 aromatic carbocycles. The van der Waals surface area contributed by atoms with Gasteiger partial charge in [-0.25, -0.2) is 0 Å². The molecule has 0 spiro atoms. The Hall–Kier alpha value is -2.95. The highest BCUT2D eigenvalue weighted by Gasteiger charge is 2.40. The van der Waals surface area contributed by atoms with Crippen molar-refractivity contribution in [3.05, 3.63) is 78.4 Å². The Bertz CT molecular complexity index is 1160. The summed E-state index contributed by atoms with van der Waals surface area (Å²) in [6.07, 6.45) is 5.18. The molecule has 0 heterocycles. The van der Waals surface area contributed by atoms with Crippen LogP contribution in [0.1, 0.15) is 43.5 Å². The Labute approximate surface area is 215 Å². The molecule has 0 saturated heterocycles. The number of rotatable bonds is 10. The van der Waals surface area contributed by atoms with Gasteiger partial charge in [0.25, 0.3) is 7.37 Å². The van der Waals surface area contributed by atoms with E-state index in [1.165, 1.54) is 6.42 Å². The number of para-hydroxylation sites is 1. The molecule has 0 amide bonds. The lowest BCUT2D eigenvalue weighted by Crippen LogP contribution is -2.25. The zero-order chi connectivity index (χ0) is 25.5. The van der Waals surface area contributed by atoms with Gasteiger partial charge in [-0.05, 0) is 66.9 Å². The summed E-state index contributed by atoms with van der Waals surface area (Å²) in [5, 5.41) is 4.25. The van der Waals surface area contributed by atoms with E-state index < -0.39 is 13.2 Å². The molecule has 1 N–H and O–H groups in total. The van der Waals surface area contributed by atoms with Crippen molar-refractivity contribution < 1.29 is 18.6 Å². The lowest BCUT2D eigenvalue weighted by Gasteiger charge is -2.34. The first-order valence-electron chi connectivity index (χ1n) is 12.5. The van der Waals surface area contributed by atoms with Crippen molar-refractivity contribution in [2.75, 3.05) is 38.5 Å². The van der Waals surface area contributed by atoms with Gasteiger partial charge in [0.1, 0.15) is 5.78 Å². The molecule has 192 valence electrons. The van der Waals surface area contributed by atoms with E-state index >= 15 is 4.57 Å². The number of hydrogen-bond donors (Lipinski definition) is 1. The van der Waals surface area contributed by atoms with Gasteiger partial charge in [0.15, 0.2) is 11.5 Å². The summed E-state index contributed by atoms with van der Waals surface area (Å²) < 4.78 is 33.0. The molecule has 4 rings (SSSR count). The van der Waals surface area contributed by atoms with Gasteiger partial charge in [0.2, 0.25) is 0 Å². The van der Waals surface area contributed by atoms with Gasteiger partial charge in [-0.2, -0.15) is 0 Å². The van der Waals surface area contributed by atoms with E-state index in [1.54, 1.807) is 14.2 Å². The van der Waals surface area contributed by atoms with Crippen LogP contribution in [-0.4, -0.2) is 34.4 Å². The summed E-state index contributed by atoms with van der Waals surface area (Å²) in [5.41, 5.74) is 2.73. The number of nitrogens with one attached hydrogen (secondary N) is 1. The van der Waals surface area contributed by atoms with E-state index in [-0.39, 0.29) is 6.10 Å². The summed E-state index contributed by atoms with van der Waals surface area (Å²) in [6, 6.07) is 23.4. The molecule has 1 saturated carbocycles. The molecule has 3 aromatic rings. The van der Waals surface area contributed by atoms with Crippen molar-refractivity contribution in [2.24, 2.45) is 0 Å². The van der Waals surface area contributed by atoms with Crippen molar-refractivity contribution in [1.82, 2.24) is 0 Å². The van der Waals surface area contributed by atoms with Crippen LogP contribution in [0.5, 0.6) is 11.5 Å². The first-order chi connectivity index (χ1) is 17.4. The molecule has 1 fully saturated rings. The van der Waals surface area contributed by atoms with Gasteiger partial charge in [-0.1, -0.05) is 43.5 Å². The van der Waals surface area contributed by atoms with Gasteiger partial charge in [-0.3, -0.25) is 4.57 Å². The Morgan fingerprint density at radius 3 is 2.14 bits per heavy atom. The highest BCUT2D eigenvalue weighted by molar-refractivity contribution is 7.67. The van der Waals surface area contributed by atoms with Crippen LogP contribution in [0.25, 0.3) is 0 Å². The molecule has 7 heteroatoms. The van der Waals surface area contributed by atoms with E-state index in [1.807, 2.05) is 91.8 Å². The zero-order valence-corrected chi connectivity index (χ0v) is 22.5. The van der Waals surface area contributed by atoms with Gasteiger partial charge in [0.05, 0.1) is 20.3 Å². The number of methoxy groups -OCH3 is 2. The SMILES string of the molecule is COc1ccc([C@H](Nc2ccccc2)[P@@](=O)(OC2CCCCC2)c2ccc(N(C)C)cc2)cc1OC. The zero-order valence-electron chi connectivity index (χ0n) is 21.6. The molecule has 0 radical (unpaired) electrons. The van der Waals surface area contributed by atoms with Crippen LogP contribution < -0.4 is 25.0 Å². The Balaban J connectivity index is 1.85. The highest BCUT2D eigenvalue weighted by Crippen LogP contribution is 2.61. The van der Waals surface area contributed by atoms with Gasteiger partial charge in [0, 0.05) is 30.8 Å². The molecule has 0 aliphatic heterocycles. The minimum Gasteiger partial charge on any atom is -0.493 e. The predicted octanol–water partition coefficient (Wildman–Crippen LogP) is 6.83. The first-order valence-corrected chi connectivity index (χ1v) is 14.2. The Morgan fingerprint density at radius 1 is 0.861 bits per heavy atom. The van der Waals surface area contributed by atoms with Crippen LogP contribution in [0.3, 0.4) is 0 Å². The molecule has 1 aliphatic carbocycles. The maximum absolute atomic E-state index is 15.3. The van der Waals surface area contributed by atoms with Crippen LogP contribution in [0.4, 0.5) is 11.4 Å². The van der Waals surface area contributed by atoms with E-state index in [0.29, 0.717) is 16.8 Å². The van der Waals surface area contributed by atoms with Crippen molar-refractivity contribution in [2.45, 2.75) is 44.0 Å². The van der Waals surface area contributed by atoms with Crippen LogP contribution in [-0.2, 0) is 9.09 Å².